The van der Waals surface area contributed by atoms with Crippen molar-refractivity contribution in [1.82, 2.24) is 0 Å². The molecule has 0 aliphatic rings. The molecule has 0 radical (unpaired) electrons. The van der Waals surface area contributed by atoms with Gasteiger partial charge < -0.3 is 5.11 Å². The average Bonchev–Trinajstić information content (AvgIpc) is 2.46. The first-order valence-electron chi connectivity index (χ1n) is 6.30. The van der Waals surface area contributed by atoms with Crippen LogP contribution in [0.3, 0.4) is 0 Å². The van der Waals surface area contributed by atoms with E-state index in [2.05, 4.69) is 10.5 Å². The second kappa shape index (κ2) is 6.37. The van der Waals surface area contributed by atoms with Crippen LogP contribution in [0.25, 0.3) is 11.1 Å². The molecule has 0 saturated heterocycles. The summed E-state index contributed by atoms with van der Waals surface area (Å²) in [6.45, 7) is 2.00. The van der Waals surface area contributed by atoms with Crippen LogP contribution in [0, 0.1) is 4.91 Å². The Hall–Kier alpha value is -2.40. The molecule has 2 aromatic carbocycles. The number of aryl methyl sites for hydroxylation is 1. The second-order valence-corrected chi connectivity index (χ2v) is 4.89. The highest BCUT2D eigenvalue weighted by atomic mass is 35.5. The number of carbonyl (C=O) groups is 1. The summed E-state index contributed by atoms with van der Waals surface area (Å²) in [6.07, 6.45) is -0.351. The van der Waals surface area contributed by atoms with Crippen molar-refractivity contribution in [2.45, 2.75) is 13.3 Å². The van der Waals surface area contributed by atoms with Gasteiger partial charge in [-0.05, 0) is 53.1 Å². The van der Waals surface area contributed by atoms with Crippen LogP contribution in [0.5, 0.6) is 0 Å². The van der Waals surface area contributed by atoms with Crippen molar-refractivity contribution in [3.05, 3.63) is 51.9 Å². The first-order chi connectivity index (χ1) is 10.0. The number of rotatable bonds is 4. The van der Waals surface area contributed by atoms with E-state index in [-0.39, 0.29) is 5.69 Å². The topological polar surface area (TPSA) is 78.8 Å². The fourth-order valence-corrected chi connectivity index (χ4v) is 2.29. The van der Waals surface area contributed by atoms with Gasteiger partial charge in [0.25, 0.3) is 0 Å². The fourth-order valence-electron chi connectivity index (χ4n) is 2.06. The maximum atomic E-state index is 10.9. The van der Waals surface area contributed by atoms with Crippen LogP contribution in [0.2, 0.25) is 5.02 Å². The van der Waals surface area contributed by atoms with E-state index in [1.54, 1.807) is 18.2 Å². The van der Waals surface area contributed by atoms with E-state index < -0.39 is 6.09 Å². The van der Waals surface area contributed by atoms with Gasteiger partial charge in [0.1, 0.15) is 5.69 Å². The minimum absolute atomic E-state index is 0.195. The number of nitrogens with zero attached hydrogens (tertiary/aromatic N) is 1. The van der Waals surface area contributed by atoms with Gasteiger partial charge in [0.2, 0.25) is 0 Å². The Morgan fingerprint density at radius 2 is 2.05 bits per heavy atom. The molecule has 2 rings (SSSR count). The summed E-state index contributed by atoms with van der Waals surface area (Å²) in [5.74, 6) is 0. The Morgan fingerprint density at radius 3 is 2.67 bits per heavy atom. The van der Waals surface area contributed by atoms with Crippen LogP contribution >= 0.6 is 11.6 Å². The highest BCUT2D eigenvalue weighted by Crippen LogP contribution is 2.34. The summed E-state index contributed by atoms with van der Waals surface area (Å²) >= 11 is 5.97. The summed E-state index contributed by atoms with van der Waals surface area (Å²) < 4.78 is 0. The van der Waals surface area contributed by atoms with Crippen molar-refractivity contribution in [3.8, 4) is 11.1 Å². The van der Waals surface area contributed by atoms with Crippen LogP contribution in [0.1, 0.15) is 12.5 Å². The highest BCUT2D eigenvalue weighted by Gasteiger charge is 2.11. The molecule has 0 bridgehead atoms. The van der Waals surface area contributed by atoms with Gasteiger partial charge in [0, 0.05) is 10.6 Å². The molecule has 6 heteroatoms. The van der Waals surface area contributed by atoms with Crippen LogP contribution in [0.4, 0.5) is 16.2 Å². The third-order valence-electron chi connectivity index (χ3n) is 3.03. The fraction of sp³-hybridized carbons (Fsp3) is 0.133. The monoisotopic (exact) mass is 304 g/mol. The molecule has 1 amide bonds. The molecular formula is C15H13ClN2O3. The van der Waals surface area contributed by atoms with Gasteiger partial charge in [0.15, 0.2) is 0 Å². The van der Waals surface area contributed by atoms with Gasteiger partial charge >= 0.3 is 6.09 Å². The molecule has 5 nitrogen and oxygen atoms in total. The summed E-state index contributed by atoms with van der Waals surface area (Å²) in [5.41, 5.74) is 2.96. The molecule has 21 heavy (non-hydrogen) atoms. The Kier molecular flexibility index (Phi) is 4.55. The quantitative estimate of drug-likeness (QED) is 0.775. The summed E-state index contributed by atoms with van der Waals surface area (Å²) in [7, 11) is 0. The smallest absolute Gasteiger partial charge is 0.409 e. The molecule has 0 atom stereocenters. The lowest BCUT2D eigenvalue weighted by Gasteiger charge is -2.12. The van der Waals surface area contributed by atoms with Crippen molar-refractivity contribution < 1.29 is 9.90 Å². The molecule has 2 N–H and O–H groups in total. The predicted molar refractivity (Wildman–Crippen MR) is 83.4 cm³/mol. The van der Waals surface area contributed by atoms with Crippen molar-refractivity contribution in [2.75, 3.05) is 5.32 Å². The number of carboxylic acid groups (broad SMARTS) is 1. The maximum absolute atomic E-state index is 10.9. The largest absolute Gasteiger partial charge is 0.465 e. The van der Waals surface area contributed by atoms with Crippen LogP contribution in [-0.2, 0) is 6.42 Å². The number of nitroso groups, excluding NO2 is 1. The lowest BCUT2D eigenvalue weighted by atomic mass is 9.99. The molecule has 0 aliphatic heterocycles. The Labute approximate surface area is 126 Å². The van der Waals surface area contributed by atoms with Crippen LogP contribution in [0.15, 0.2) is 41.6 Å². The molecule has 2 aromatic rings. The maximum Gasteiger partial charge on any atom is 0.409 e. The van der Waals surface area contributed by atoms with E-state index in [9.17, 15) is 9.70 Å². The minimum atomic E-state index is -1.16. The molecule has 0 fully saturated rings. The first-order valence-corrected chi connectivity index (χ1v) is 6.68. The molecule has 0 saturated carbocycles. The lowest BCUT2D eigenvalue weighted by molar-refractivity contribution is 0.210. The van der Waals surface area contributed by atoms with Gasteiger partial charge in [-0.15, -0.1) is 4.91 Å². The van der Waals surface area contributed by atoms with Gasteiger partial charge in [-0.25, -0.2) is 4.79 Å². The van der Waals surface area contributed by atoms with Crippen molar-refractivity contribution in [3.63, 3.8) is 0 Å². The number of anilines is 1. The normalized spacial score (nSPS) is 10.2. The number of hydrogen-bond donors (Lipinski definition) is 2. The molecule has 0 unspecified atom stereocenters. The zero-order chi connectivity index (χ0) is 15.4. The number of amides is 1. The molecular weight excluding hydrogens is 292 g/mol. The third-order valence-corrected chi connectivity index (χ3v) is 3.25. The number of hydrogen-bond acceptors (Lipinski definition) is 3. The van der Waals surface area contributed by atoms with Crippen molar-refractivity contribution in [1.29, 1.82) is 0 Å². The predicted octanol–water partition coefficient (Wildman–Crippen LogP) is 5.06. The molecule has 0 spiro atoms. The summed E-state index contributed by atoms with van der Waals surface area (Å²) in [5, 5.41) is 14.5. The van der Waals surface area contributed by atoms with Gasteiger partial charge in [-0.2, -0.15) is 0 Å². The van der Waals surface area contributed by atoms with E-state index in [4.69, 9.17) is 16.7 Å². The number of nitrogens with one attached hydrogen (secondary N) is 1. The Bertz CT molecular complexity index is 701. The van der Waals surface area contributed by atoms with E-state index in [0.29, 0.717) is 21.8 Å². The van der Waals surface area contributed by atoms with Crippen LogP contribution in [-0.4, -0.2) is 11.2 Å². The highest BCUT2D eigenvalue weighted by molar-refractivity contribution is 6.31. The number of halogens is 1. The third kappa shape index (κ3) is 3.58. The standard InChI is InChI=1S/C15H13ClN2O3/c1-2-9-3-4-14(17-15(19)20)13(5-9)10-6-11(16)8-12(7-10)18-21/h3-8,17H,2H2,1H3,(H,19,20). The summed E-state index contributed by atoms with van der Waals surface area (Å²) in [6, 6.07) is 10.1. The van der Waals surface area contributed by atoms with E-state index >= 15 is 0 Å². The van der Waals surface area contributed by atoms with Gasteiger partial charge in [-0.1, -0.05) is 24.6 Å². The van der Waals surface area contributed by atoms with Gasteiger partial charge in [0.05, 0.1) is 5.69 Å². The summed E-state index contributed by atoms with van der Waals surface area (Å²) in [4.78, 5) is 21.6. The zero-order valence-corrected chi connectivity index (χ0v) is 12.0. The molecule has 0 heterocycles. The number of benzene rings is 2. The SMILES string of the molecule is CCc1ccc(NC(=O)O)c(-c2cc(Cl)cc(N=O)c2)c1. The average molecular weight is 305 g/mol. The second-order valence-electron chi connectivity index (χ2n) is 4.45. The van der Waals surface area contributed by atoms with E-state index in [0.717, 1.165) is 12.0 Å². The van der Waals surface area contributed by atoms with Gasteiger partial charge in [-0.3, -0.25) is 5.32 Å². The molecule has 108 valence electrons. The van der Waals surface area contributed by atoms with E-state index in [1.807, 2.05) is 19.1 Å². The van der Waals surface area contributed by atoms with E-state index in [1.165, 1.54) is 6.07 Å². The zero-order valence-electron chi connectivity index (χ0n) is 11.3. The van der Waals surface area contributed by atoms with Crippen molar-refractivity contribution in [2.24, 2.45) is 5.18 Å². The lowest BCUT2D eigenvalue weighted by Crippen LogP contribution is -2.08. The first kappa shape index (κ1) is 15.0. The molecule has 0 aliphatic carbocycles. The minimum Gasteiger partial charge on any atom is -0.465 e. The van der Waals surface area contributed by atoms with Crippen LogP contribution < -0.4 is 5.32 Å². The molecule has 0 aromatic heterocycles. The Balaban J connectivity index is 2.61. The Morgan fingerprint density at radius 1 is 1.29 bits per heavy atom. The van der Waals surface area contributed by atoms with Crippen molar-refractivity contribution >= 4 is 29.1 Å².